The highest BCUT2D eigenvalue weighted by Crippen LogP contribution is 2.29. The maximum absolute atomic E-state index is 14.1. The average Bonchev–Trinajstić information content (AvgIpc) is 3.11. The molecular formula is C21H12F2N2O2S. The summed E-state index contributed by atoms with van der Waals surface area (Å²) in [5.74, 6) is -1.40. The molecule has 0 aliphatic heterocycles. The fourth-order valence-corrected chi connectivity index (χ4v) is 4.54. The molecule has 0 amide bonds. The number of hydrogen-bond acceptors (Lipinski definition) is 3. The molecule has 4 nitrogen and oxygen atoms in total. The second kappa shape index (κ2) is 6.59. The van der Waals surface area contributed by atoms with E-state index in [1.165, 1.54) is 34.9 Å². The van der Waals surface area contributed by atoms with Crippen molar-refractivity contribution in [3.63, 3.8) is 0 Å². The van der Waals surface area contributed by atoms with E-state index in [2.05, 4.69) is 0 Å². The van der Waals surface area contributed by atoms with Crippen molar-refractivity contribution in [1.29, 1.82) is 5.26 Å². The highest BCUT2D eigenvalue weighted by molar-refractivity contribution is 7.91. The Labute approximate surface area is 159 Å². The van der Waals surface area contributed by atoms with Gasteiger partial charge in [-0.1, -0.05) is 12.1 Å². The van der Waals surface area contributed by atoms with Crippen LogP contribution < -0.4 is 0 Å². The molecule has 0 atom stereocenters. The van der Waals surface area contributed by atoms with Gasteiger partial charge in [-0.2, -0.15) is 5.26 Å². The van der Waals surface area contributed by atoms with Crippen molar-refractivity contribution in [2.75, 3.05) is 0 Å². The van der Waals surface area contributed by atoms with E-state index >= 15 is 0 Å². The molecule has 0 radical (unpaired) electrons. The average molecular weight is 394 g/mol. The monoisotopic (exact) mass is 394 g/mol. The zero-order chi connectivity index (χ0) is 19.9. The number of hydrogen-bond donors (Lipinski definition) is 0. The summed E-state index contributed by atoms with van der Waals surface area (Å²) in [6.45, 7) is 0. The highest BCUT2D eigenvalue weighted by Gasteiger charge is 2.22. The smallest absolute Gasteiger partial charge is 0.207 e. The topological polar surface area (TPSA) is 62.9 Å². The molecule has 4 aromatic rings. The van der Waals surface area contributed by atoms with Crippen LogP contribution in [0.2, 0.25) is 0 Å². The Morgan fingerprint density at radius 2 is 1.71 bits per heavy atom. The van der Waals surface area contributed by atoms with Gasteiger partial charge < -0.3 is 4.57 Å². The van der Waals surface area contributed by atoms with E-state index in [4.69, 9.17) is 0 Å². The van der Waals surface area contributed by atoms with Gasteiger partial charge in [0.05, 0.1) is 26.6 Å². The maximum Gasteiger partial charge on any atom is 0.207 e. The van der Waals surface area contributed by atoms with Gasteiger partial charge in [0.25, 0.3) is 0 Å². The molecule has 3 aromatic carbocycles. The number of nitriles is 1. The van der Waals surface area contributed by atoms with Crippen LogP contribution >= 0.6 is 0 Å². The summed E-state index contributed by atoms with van der Waals surface area (Å²) in [6.07, 6.45) is 1.58. The summed E-state index contributed by atoms with van der Waals surface area (Å²) in [7, 11) is -3.90. The van der Waals surface area contributed by atoms with E-state index in [0.717, 1.165) is 12.1 Å². The molecule has 0 aliphatic carbocycles. The maximum atomic E-state index is 14.1. The lowest BCUT2D eigenvalue weighted by Crippen LogP contribution is -2.04. The highest BCUT2D eigenvalue weighted by atomic mass is 32.2. The quantitative estimate of drug-likeness (QED) is 0.510. The molecule has 0 unspecified atom stereocenters. The normalized spacial score (nSPS) is 11.5. The van der Waals surface area contributed by atoms with E-state index in [0.29, 0.717) is 10.9 Å². The first-order valence-electron chi connectivity index (χ1n) is 8.22. The van der Waals surface area contributed by atoms with Crippen molar-refractivity contribution < 1.29 is 17.2 Å². The van der Waals surface area contributed by atoms with E-state index in [9.17, 15) is 22.5 Å². The fourth-order valence-electron chi connectivity index (χ4n) is 3.09. The van der Waals surface area contributed by atoms with Crippen LogP contribution in [0, 0.1) is 23.0 Å². The van der Waals surface area contributed by atoms with Gasteiger partial charge in [-0.05, 0) is 48.5 Å². The molecule has 0 aliphatic rings. The number of nitrogens with zero attached hydrogens (tertiary/aromatic N) is 2. The van der Waals surface area contributed by atoms with E-state index in [-0.39, 0.29) is 21.0 Å². The molecule has 0 spiro atoms. The molecule has 7 heteroatoms. The summed E-state index contributed by atoms with van der Waals surface area (Å²) >= 11 is 0. The van der Waals surface area contributed by atoms with Crippen LogP contribution in [0.4, 0.5) is 8.78 Å². The third kappa shape index (κ3) is 2.84. The van der Waals surface area contributed by atoms with Crippen LogP contribution in [-0.2, 0) is 9.84 Å². The van der Waals surface area contributed by atoms with Crippen molar-refractivity contribution in [2.24, 2.45) is 0 Å². The van der Waals surface area contributed by atoms with Crippen molar-refractivity contribution >= 4 is 20.7 Å². The van der Waals surface area contributed by atoms with Gasteiger partial charge in [0, 0.05) is 17.6 Å². The van der Waals surface area contributed by atoms with E-state index in [1.807, 2.05) is 6.07 Å². The number of fused-ring (bicyclic) bond motifs is 1. The van der Waals surface area contributed by atoms with Gasteiger partial charge in [-0.25, -0.2) is 17.2 Å². The van der Waals surface area contributed by atoms with Crippen molar-refractivity contribution in [3.05, 3.63) is 90.1 Å². The Kier molecular flexibility index (Phi) is 4.21. The zero-order valence-electron chi connectivity index (χ0n) is 14.3. The lowest BCUT2D eigenvalue weighted by atomic mass is 10.2. The predicted octanol–water partition coefficient (Wildman–Crippen LogP) is 4.61. The lowest BCUT2D eigenvalue weighted by Gasteiger charge is -2.09. The molecule has 0 N–H and O–H groups in total. The molecule has 1 heterocycles. The van der Waals surface area contributed by atoms with Crippen LogP contribution in [0.5, 0.6) is 0 Å². The molecule has 138 valence electrons. The van der Waals surface area contributed by atoms with Gasteiger partial charge in [-0.15, -0.1) is 0 Å². The van der Waals surface area contributed by atoms with Crippen LogP contribution in [0.1, 0.15) is 5.56 Å². The minimum Gasteiger partial charge on any atom is -0.314 e. The largest absolute Gasteiger partial charge is 0.314 e. The third-order valence-electron chi connectivity index (χ3n) is 4.44. The molecule has 0 bridgehead atoms. The third-order valence-corrected chi connectivity index (χ3v) is 6.25. The van der Waals surface area contributed by atoms with Gasteiger partial charge in [0.1, 0.15) is 17.7 Å². The zero-order valence-corrected chi connectivity index (χ0v) is 15.1. The lowest BCUT2D eigenvalue weighted by molar-refractivity contribution is 0.578. The van der Waals surface area contributed by atoms with Gasteiger partial charge in [0.15, 0.2) is 0 Å². The van der Waals surface area contributed by atoms with E-state index < -0.39 is 21.5 Å². The second-order valence-electron chi connectivity index (χ2n) is 6.11. The van der Waals surface area contributed by atoms with Crippen LogP contribution in [0.15, 0.2) is 82.7 Å². The van der Waals surface area contributed by atoms with Gasteiger partial charge in [-0.3, -0.25) is 0 Å². The summed E-state index contributed by atoms with van der Waals surface area (Å²) in [6, 6.07) is 17.2. The minimum atomic E-state index is -3.90. The molecule has 4 rings (SSSR count). The Morgan fingerprint density at radius 3 is 2.46 bits per heavy atom. The number of sulfone groups is 1. The Balaban J connectivity index is 1.85. The Bertz CT molecular complexity index is 1370. The summed E-state index contributed by atoms with van der Waals surface area (Å²) in [5.41, 5.74) is 0.786. The number of aromatic nitrogens is 1. The second-order valence-corrected chi connectivity index (χ2v) is 8.03. The molecule has 0 fully saturated rings. The standard InChI is InChI=1S/C21H12F2N2O2S/c22-16-5-7-20(18(23)12-16)25-10-9-14-11-17(6-8-19(14)25)28(26,27)21-4-2-1-3-15(21)13-24/h1-12H. The van der Waals surface area contributed by atoms with E-state index in [1.54, 1.807) is 30.5 Å². The van der Waals surface area contributed by atoms with Crippen LogP contribution in [0.25, 0.3) is 16.6 Å². The summed E-state index contributed by atoms with van der Waals surface area (Å²) in [5, 5.41) is 9.76. The number of benzene rings is 3. The summed E-state index contributed by atoms with van der Waals surface area (Å²) < 4.78 is 54.7. The number of halogens is 2. The minimum absolute atomic E-state index is 0.0278. The first-order valence-corrected chi connectivity index (χ1v) is 9.71. The van der Waals surface area contributed by atoms with Crippen LogP contribution in [-0.4, -0.2) is 13.0 Å². The molecule has 28 heavy (non-hydrogen) atoms. The Morgan fingerprint density at radius 1 is 0.929 bits per heavy atom. The first kappa shape index (κ1) is 17.9. The molecule has 0 saturated heterocycles. The predicted molar refractivity (Wildman–Crippen MR) is 99.8 cm³/mol. The van der Waals surface area contributed by atoms with Crippen LogP contribution in [0.3, 0.4) is 0 Å². The van der Waals surface area contributed by atoms with Crippen molar-refractivity contribution in [2.45, 2.75) is 9.79 Å². The first-order chi connectivity index (χ1) is 13.4. The molecule has 0 saturated carbocycles. The number of rotatable bonds is 3. The fraction of sp³-hybridized carbons (Fsp3) is 0. The SMILES string of the molecule is N#Cc1ccccc1S(=O)(=O)c1ccc2c(ccn2-c2ccc(F)cc2F)c1. The van der Waals surface area contributed by atoms with Gasteiger partial charge >= 0.3 is 0 Å². The molecular weight excluding hydrogens is 382 g/mol. The van der Waals surface area contributed by atoms with Crippen molar-refractivity contribution in [1.82, 2.24) is 4.57 Å². The Hall–Kier alpha value is -3.50. The van der Waals surface area contributed by atoms with Gasteiger partial charge in [0.2, 0.25) is 9.84 Å². The van der Waals surface area contributed by atoms with Crippen molar-refractivity contribution in [3.8, 4) is 11.8 Å². The molecule has 1 aromatic heterocycles. The summed E-state index contributed by atoms with van der Waals surface area (Å²) in [4.78, 5) is -0.0408.